The van der Waals surface area contributed by atoms with Crippen molar-refractivity contribution < 1.29 is 22.9 Å². The molecule has 1 saturated heterocycles. The maximum atomic E-state index is 12.1. The number of thiocarbonyl (C=S) groups is 1. The summed E-state index contributed by atoms with van der Waals surface area (Å²) in [6.45, 7) is -0.207. The highest BCUT2D eigenvalue weighted by Crippen LogP contribution is 2.33. The normalized spacial score (nSPS) is 17.8. The SMILES string of the molecule is O=C1C(=Cc2ccccc2O)SC(=S)N1CCS(=O)(=O)O. The number of phenols is 1. The molecule has 0 aliphatic carbocycles. The van der Waals surface area contributed by atoms with E-state index in [1.54, 1.807) is 18.2 Å². The van der Waals surface area contributed by atoms with Gasteiger partial charge in [-0.25, -0.2) is 0 Å². The summed E-state index contributed by atoms with van der Waals surface area (Å²) in [5.74, 6) is -0.999. The Labute approximate surface area is 131 Å². The fraction of sp³-hybridized carbons (Fsp3) is 0.167. The van der Waals surface area contributed by atoms with Crippen molar-refractivity contribution >= 4 is 50.4 Å². The van der Waals surface area contributed by atoms with Crippen LogP contribution in [0.2, 0.25) is 0 Å². The predicted molar refractivity (Wildman–Crippen MR) is 84.4 cm³/mol. The number of phenolic OH excluding ortho intramolecular Hbond substituents is 1. The fourth-order valence-corrected chi connectivity index (χ4v) is 3.36. The summed E-state index contributed by atoms with van der Waals surface area (Å²) in [5, 5.41) is 9.67. The van der Waals surface area contributed by atoms with Crippen LogP contribution in [0.5, 0.6) is 5.75 Å². The third kappa shape index (κ3) is 4.03. The van der Waals surface area contributed by atoms with Gasteiger partial charge in [0.15, 0.2) is 0 Å². The first kappa shape index (κ1) is 16.0. The van der Waals surface area contributed by atoms with Gasteiger partial charge in [0.1, 0.15) is 10.1 Å². The van der Waals surface area contributed by atoms with Crippen LogP contribution in [-0.4, -0.2) is 45.5 Å². The van der Waals surface area contributed by atoms with Crippen molar-refractivity contribution in [1.29, 1.82) is 0 Å². The molecule has 0 aromatic heterocycles. The van der Waals surface area contributed by atoms with Gasteiger partial charge in [-0.15, -0.1) is 0 Å². The summed E-state index contributed by atoms with van der Waals surface area (Å²) < 4.78 is 30.4. The quantitative estimate of drug-likeness (QED) is 0.485. The molecule has 0 radical (unpaired) electrons. The van der Waals surface area contributed by atoms with Gasteiger partial charge in [-0.1, -0.05) is 42.2 Å². The minimum absolute atomic E-state index is 0.0284. The number of thioether (sulfide) groups is 1. The second-order valence-electron chi connectivity index (χ2n) is 4.18. The van der Waals surface area contributed by atoms with Crippen molar-refractivity contribution in [3.8, 4) is 5.75 Å². The molecule has 2 rings (SSSR count). The van der Waals surface area contributed by atoms with Crippen molar-refractivity contribution in [2.45, 2.75) is 0 Å². The Bertz CT molecular complexity index is 726. The van der Waals surface area contributed by atoms with E-state index in [-0.39, 0.29) is 21.5 Å². The van der Waals surface area contributed by atoms with E-state index in [0.29, 0.717) is 5.56 Å². The van der Waals surface area contributed by atoms with Gasteiger partial charge in [0, 0.05) is 12.1 Å². The number of benzene rings is 1. The number of carbonyl (C=O) groups excluding carboxylic acids is 1. The van der Waals surface area contributed by atoms with Gasteiger partial charge in [0.05, 0.1) is 10.7 Å². The van der Waals surface area contributed by atoms with Crippen molar-refractivity contribution in [3.05, 3.63) is 34.7 Å². The summed E-state index contributed by atoms with van der Waals surface area (Å²) >= 11 is 6.04. The zero-order valence-electron chi connectivity index (χ0n) is 10.6. The maximum absolute atomic E-state index is 12.1. The second kappa shape index (κ2) is 6.14. The fourth-order valence-electron chi connectivity index (χ4n) is 1.65. The average Bonchev–Trinajstić information content (AvgIpc) is 2.64. The molecule has 1 heterocycles. The van der Waals surface area contributed by atoms with Crippen LogP contribution in [0.1, 0.15) is 5.56 Å². The summed E-state index contributed by atoms with van der Waals surface area (Å²) in [7, 11) is -4.16. The smallest absolute Gasteiger partial charge is 0.266 e. The van der Waals surface area contributed by atoms with E-state index < -0.39 is 21.8 Å². The number of para-hydroxylation sites is 1. The molecule has 1 aromatic carbocycles. The van der Waals surface area contributed by atoms with Crippen molar-refractivity contribution in [2.24, 2.45) is 0 Å². The van der Waals surface area contributed by atoms with Gasteiger partial charge in [-0.3, -0.25) is 14.2 Å². The molecule has 1 amide bonds. The lowest BCUT2D eigenvalue weighted by Crippen LogP contribution is -2.32. The van der Waals surface area contributed by atoms with Crippen LogP contribution >= 0.6 is 24.0 Å². The summed E-state index contributed by atoms with van der Waals surface area (Å²) in [4.78, 5) is 13.5. The zero-order valence-corrected chi connectivity index (χ0v) is 13.0. The Morgan fingerprint density at radius 3 is 2.62 bits per heavy atom. The van der Waals surface area contributed by atoms with Crippen molar-refractivity contribution in [2.75, 3.05) is 12.3 Å². The molecule has 0 atom stereocenters. The molecule has 1 aromatic rings. The van der Waals surface area contributed by atoms with Crippen LogP contribution in [0.4, 0.5) is 0 Å². The summed E-state index contributed by atoms with van der Waals surface area (Å²) in [6.07, 6.45) is 1.49. The first-order valence-electron chi connectivity index (χ1n) is 5.76. The lowest BCUT2D eigenvalue weighted by atomic mass is 10.2. The molecule has 9 heteroatoms. The van der Waals surface area contributed by atoms with E-state index >= 15 is 0 Å². The molecule has 0 bridgehead atoms. The lowest BCUT2D eigenvalue weighted by molar-refractivity contribution is -0.121. The Morgan fingerprint density at radius 1 is 1.33 bits per heavy atom. The standard InChI is InChI=1S/C12H11NO5S3/c14-9-4-2-1-3-8(9)7-10-11(15)13(12(19)20-10)5-6-21(16,17)18/h1-4,7,14H,5-6H2,(H,16,17,18). The number of amides is 1. The van der Waals surface area contributed by atoms with Crippen molar-refractivity contribution in [1.82, 2.24) is 4.90 Å². The van der Waals surface area contributed by atoms with Gasteiger partial charge in [0.25, 0.3) is 16.0 Å². The van der Waals surface area contributed by atoms with E-state index in [1.165, 1.54) is 12.1 Å². The number of hydrogen-bond acceptors (Lipinski definition) is 6. The Balaban J connectivity index is 2.20. The average molecular weight is 345 g/mol. The predicted octanol–water partition coefficient (Wildman–Crippen LogP) is 1.48. The van der Waals surface area contributed by atoms with E-state index in [9.17, 15) is 18.3 Å². The van der Waals surface area contributed by atoms with E-state index in [4.69, 9.17) is 16.8 Å². The molecule has 0 spiro atoms. The zero-order chi connectivity index (χ0) is 15.6. The summed E-state index contributed by atoms with van der Waals surface area (Å²) in [5.41, 5.74) is 0.466. The van der Waals surface area contributed by atoms with Crippen LogP contribution in [0.3, 0.4) is 0 Å². The molecule has 0 unspecified atom stereocenters. The highest BCUT2D eigenvalue weighted by Gasteiger charge is 2.32. The number of aromatic hydroxyl groups is 1. The molecule has 6 nitrogen and oxygen atoms in total. The Morgan fingerprint density at radius 2 is 2.00 bits per heavy atom. The van der Waals surface area contributed by atoms with Crippen LogP contribution in [0.25, 0.3) is 6.08 Å². The van der Waals surface area contributed by atoms with Crippen LogP contribution < -0.4 is 0 Å². The van der Waals surface area contributed by atoms with E-state index in [0.717, 1.165) is 16.7 Å². The molecule has 2 N–H and O–H groups in total. The first-order valence-corrected chi connectivity index (χ1v) is 8.60. The van der Waals surface area contributed by atoms with Crippen LogP contribution in [0, 0.1) is 0 Å². The molecule has 21 heavy (non-hydrogen) atoms. The molecule has 1 fully saturated rings. The Kier molecular flexibility index (Phi) is 4.67. The third-order valence-electron chi connectivity index (χ3n) is 2.67. The molecular weight excluding hydrogens is 334 g/mol. The molecule has 112 valence electrons. The molecular formula is C12H11NO5S3. The monoisotopic (exact) mass is 345 g/mol. The number of hydrogen-bond donors (Lipinski definition) is 2. The highest BCUT2D eigenvalue weighted by molar-refractivity contribution is 8.26. The number of carbonyl (C=O) groups is 1. The number of nitrogens with zero attached hydrogens (tertiary/aromatic N) is 1. The number of rotatable bonds is 4. The molecule has 0 saturated carbocycles. The Hall–Kier alpha value is -1.42. The first-order chi connectivity index (χ1) is 9.78. The topological polar surface area (TPSA) is 94.9 Å². The molecule has 1 aliphatic heterocycles. The second-order valence-corrected chi connectivity index (χ2v) is 7.43. The minimum atomic E-state index is -4.16. The minimum Gasteiger partial charge on any atom is -0.507 e. The summed E-state index contributed by atoms with van der Waals surface area (Å²) in [6, 6.07) is 6.50. The van der Waals surface area contributed by atoms with Gasteiger partial charge in [-0.05, 0) is 12.1 Å². The van der Waals surface area contributed by atoms with Crippen LogP contribution in [-0.2, 0) is 14.9 Å². The maximum Gasteiger partial charge on any atom is 0.266 e. The van der Waals surface area contributed by atoms with Crippen LogP contribution in [0.15, 0.2) is 29.2 Å². The van der Waals surface area contributed by atoms with Gasteiger partial charge in [0.2, 0.25) is 0 Å². The van der Waals surface area contributed by atoms with Gasteiger partial charge in [-0.2, -0.15) is 8.42 Å². The lowest BCUT2D eigenvalue weighted by Gasteiger charge is -2.12. The van der Waals surface area contributed by atoms with Crippen molar-refractivity contribution in [3.63, 3.8) is 0 Å². The molecule has 1 aliphatic rings. The van der Waals surface area contributed by atoms with Gasteiger partial charge >= 0.3 is 0 Å². The van der Waals surface area contributed by atoms with Gasteiger partial charge < -0.3 is 5.11 Å². The van der Waals surface area contributed by atoms with E-state index in [2.05, 4.69) is 0 Å². The highest BCUT2D eigenvalue weighted by atomic mass is 32.2. The van der Waals surface area contributed by atoms with E-state index in [1.807, 2.05) is 0 Å². The largest absolute Gasteiger partial charge is 0.507 e. The third-order valence-corrected chi connectivity index (χ3v) is 4.75.